The van der Waals surface area contributed by atoms with Gasteiger partial charge in [0.15, 0.2) is 0 Å². The summed E-state index contributed by atoms with van der Waals surface area (Å²) in [6.07, 6.45) is 0. The van der Waals surface area contributed by atoms with Gasteiger partial charge in [-0.05, 0) is 29.8 Å². The molecule has 0 radical (unpaired) electrons. The van der Waals surface area contributed by atoms with E-state index in [0.717, 1.165) is 38.4 Å². The third-order valence-electron chi connectivity index (χ3n) is 5.66. The predicted octanol–water partition coefficient (Wildman–Crippen LogP) is 2.32. The zero-order chi connectivity index (χ0) is 21.8. The maximum absolute atomic E-state index is 13.0. The van der Waals surface area contributed by atoms with Crippen molar-refractivity contribution in [3.05, 3.63) is 64.7 Å². The SMILES string of the molecule is O=C(c1cccc(CN2CCOCC2)c1)N1CCN(S(=O)(=O)c2ccccc2Cl)CC1. The fourth-order valence-electron chi connectivity index (χ4n) is 3.93. The van der Waals surface area contributed by atoms with Crippen molar-refractivity contribution in [2.24, 2.45) is 0 Å². The van der Waals surface area contributed by atoms with E-state index in [1.165, 1.54) is 10.4 Å². The molecule has 4 rings (SSSR count). The monoisotopic (exact) mass is 463 g/mol. The van der Waals surface area contributed by atoms with Gasteiger partial charge in [-0.1, -0.05) is 35.9 Å². The van der Waals surface area contributed by atoms with Gasteiger partial charge in [0, 0.05) is 51.4 Å². The average molecular weight is 464 g/mol. The van der Waals surface area contributed by atoms with Gasteiger partial charge in [-0.2, -0.15) is 4.31 Å². The molecule has 2 saturated heterocycles. The standard InChI is InChI=1S/C22H26ClN3O4S/c23-20-6-1-2-7-21(20)31(28,29)26-10-8-25(9-11-26)22(27)19-5-3-4-18(16-19)17-24-12-14-30-15-13-24/h1-7,16H,8-15,17H2. The summed E-state index contributed by atoms with van der Waals surface area (Å²) < 4.78 is 32.6. The van der Waals surface area contributed by atoms with E-state index in [0.29, 0.717) is 18.7 Å². The third kappa shape index (κ3) is 5.10. The minimum atomic E-state index is -3.68. The first kappa shape index (κ1) is 22.2. The molecule has 31 heavy (non-hydrogen) atoms. The van der Waals surface area contributed by atoms with Crippen LogP contribution in [-0.4, -0.2) is 80.9 Å². The molecule has 0 saturated carbocycles. The van der Waals surface area contributed by atoms with Crippen molar-refractivity contribution in [3.63, 3.8) is 0 Å². The lowest BCUT2D eigenvalue weighted by atomic mass is 10.1. The molecule has 0 aliphatic carbocycles. The summed E-state index contributed by atoms with van der Waals surface area (Å²) in [6.45, 7) is 5.21. The van der Waals surface area contributed by atoms with Gasteiger partial charge in [-0.3, -0.25) is 9.69 Å². The second kappa shape index (κ2) is 9.67. The van der Waals surface area contributed by atoms with Crippen LogP contribution in [0.2, 0.25) is 5.02 Å². The van der Waals surface area contributed by atoms with Crippen LogP contribution in [0.5, 0.6) is 0 Å². The number of piperazine rings is 1. The summed E-state index contributed by atoms with van der Waals surface area (Å²) in [4.78, 5) is 17.2. The number of amides is 1. The van der Waals surface area contributed by atoms with Crippen molar-refractivity contribution in [2.75, 3.05) is 52.5 Å². The maximum Gasteiger partial charge on any atom is 0.253 e. The van der Waals surface area contributed by atoms with Crippen molar-refractivity contribution in [2.45, 2.75) is 11.4 Å². The molecule has 1 amide bonds. The van der Waals surface area contributed by atoms with E-state index in [9.17, 15) is 13.2 Å². The number of carbonyl (C=O) groups is 1. The Labute approximate surface area is 188 Å². The smallest absolute Gasteiger partial charge is 0.253 e. The molecule has 2 aromatic carbocycles. The van der Waals surface area contributed by atoms with Crippen LogP contribution in [0, 0.1) is 0 Å². The van der Waals surface area contributed by atoms with Crippen LogP contribution in [0.3, 0.4) is 0 Å². The van der Waals surface area contributed by atoms with Gasteiger partial charge in [-0.15, -0.1) is 0 Å². The molecule has 0 unspecified atom stereocenters. The summed E-state index contributed by atoms with van der Waals surface area (Å²) in [5.41, 5.74) is 1.72. The highest BCUT2D eigenvalue weighted by Gasteiger charge is 2.31. The summed E-state index contributed by atoms with van der Waals surface area (Å²) in [6, 6.07) is 14.1. The van der Waals surface area contributed by atoms with E-state index in [2.05, 4.69) is 4.90 Å². The number of ether oxygens (including phenoxy) is 1. The Bertz CT molecular complexity index is 1030. The summed E-state index contributed by atoms with van der Waals surface area (Å²) >= 11 is 6.09. The topological polar surface area (TPSA) is 70.2 Å². The van der Waals surface area contributed by atoms with E-state index >= 15 is 0 Å². The number of nitrogens with zero attached hydrogens (tertiary/aromatic N) is 3. The molecule has 0 bridgehead atoms. The van der Waals surface area contributed by atoms with Crippen LogP contribution in [0.4, 0.5) is 0 Å². The Morgan fingerprint density at radius 3 is 2.35 bits per heavy atom. The lowest BCUT2D eigenvalue weighted by Gasteiger charge is -2.34. The number of halogens is 1. The molecule has 0 aromatic heterocycles. The molecule has 2 heterocycles. The predicted molar refractivity (Wildman–Crippen MR) is 119 cm³/mol. The average Bonchev–Trinajstić information content (AvgIpc) is 2.80. The Morgan fingerprint density at radius 1 is 0.935 bits per heavy atom. The van der Waals surface area contributed by atoms with E-state index in [4.69, 9.17) is 16.3 Å². The quantitative estimate of drug-likeness (QED) is 0.680. The lowest BCUT2D eigenvalue weighted by molar-refractivity contribution is 0.0341. The first-order chi connectivity index (χ1) is 14.9. The van der Waals surface area contributed by atoms with Crippen molar-refractivity contribution < 1.29 is 17.9 Å². The summed E-state index contributed by atoms with van der Waals surface area (Å²) in [5.74, 6) is -0.0707. The van der Waals surface area contributed by atoms with Gasteiger partial charge < -0.3 is 9.64 Å². The van der Waals surface area contributed by atoms with Crippen LogP contribution in [-0.2, 0) is 21.3 Å². The molecule has 2 aromatic rings. The van der Waals surface area contributed by atoms with Gasteiger partial charge >= 0.3 is 0 Å². The van der Waals surface area contributed by atoms with Gasteiger partial charge in [0.25, 0.3) is 5.91 Å². The molecule has 9 heteroatoms. The second-order valence-corrected chi connectivity index (χ2v) is 10.0. The number of hydrogen-bond donors (Lipinski definition) is 0. The number of benzene rings is 2. The van der Waals surface area contributed by atoms with Crippen LogP contribution < -0.4 is 0 Å². The number of sulfonamides is 1. The van der Waals surface area contributed by atoms with Crippen LogP contribution >= 0.6 is 11.6 Å². The van der Waals surface area contributed by atoms with Crippen molar-refractivity contribution >= 4 is 27.5 Å². The highest BCUT2D eigenvalue weighted by Crippen LogP contribution is 2.25. The number of morpholine rings is 1. The molecule has 2 aliphatic heterocycles. The maximum atomic E-state index is 13.0. The molecular formula is C22H26ClN3O4S. The number of carbonyl (C=O) groups excluding carboxylic acids is 1. The Morgan fingerprint density at radius 2 is 1.65 bits per heavy atom. The molecular weight excluding hydrogens is 438 g/mol. The molecule has 0 N–H and O–H groups in total. The van der Waals surface area contributed by atoms with Gasteiger partial charge in [0.2, 0.25) is 10.0 Å². The zero-order valence-corrected chi connectivity index (χ0v) is 18.8. The first-order valence-corrected chi connectivity index (χ1v) is 12.2. The van der Waals surface area contributed by atoms with Gasteiger partial charge in [0.1, 0.15) is 4.90 Å². The molecule has 2 fully saturated rings. The highest BCUT2D eigenvalue weighted by molar-refractivity contribution is 7.89. The van der Waals surface area contributed by atoms with E-state index in [-0.39, 0.29) is 28.9 Å². The van der Waals surface area contributed by atoms with Crippen molar-refractivity contribution in [1.29, 1.82) is 0 Å². The van der Waals surface area contributed by atoms with Crippen molar-refractivity contribution in [1.82, 2.24) is 14.1 Å². The molecule has 2 aliphatic rings. The number of rotatable bonds is 5. The lowest BCUT2D eigenvalue weighted by Crippen LogP contribution is -2.50. The highest BCUT2D eigenvalue weighted by atomic mass is 35.5. The van der Waals surface area contributed by atoms with E-state index in [1.807, 2.05) is 24.3 Å². The minimum Gasteiger partial charge on any atom is -0.379 e. The Kier molecular flexibility index (Phi) is 6.93. The van der Waals surface area contributed by atoms with E-state index in [1.54, 1.807) is 23.1 Å². The molecule has 7 nitrogen and oxygen atoms in total. The fourth-order valence-corrected chi connectivity index (χ4v) is 5.84. The molecule has 166 valence electrons. The van der Waals surface area contributed by atoms with Crippen molar-refractivity contribution in [3.8, 4) is 0 Å². The number of hydrogen-bond acceptors (Lipinski definition) is 5. The van der Waals surface area contributed by atoms with Crippen LogP contribution in [0.15, 0.2) is 53.4 Å². The largest absolute Gasteiger partial charge is 0.379 e. The second-order valence-electron chi connectivity index (χ2n) is 7.72. The van der Waals surface area contributed by atoms with Gasteiger partial charge in [0.05, 0.1) is 18.2 Å². The fraction of sp³-hybridized carbons (Fsp3) is 0.409. The normalized spacial score (nSPS) is 18.8. The molecule has 0 atom stereocenters. The minimum absolute atomic E-state index is 0.0707. The summed E-state index contributed by atoms with van der Waals surface area (Å²) in [7, 11) is -3.68. The van der Waals surface area contributed by atoms with Crippen LogP contribution in [0.25, 0.3) is 0 Å². The Balaban J connectivity index is 1.39. The first-order valence-electron chi connectivity index (χ1n) is 10.4. The summed E-state index contributed by atoms with van der Waals surface area (Å²) in [5, 5.41) is 0.207. The Hall–Kier alpha value is -1.97. The third-order valence-corrected chi connectivity index (χ3v) is 8.06. The van der Waals surface area contributed by atoms with Gasteiger partial charge in [-0.25, -0.2) is 8.42 Å². The van der Waals surface area contributed by atoms with E-state index < -0.39 is 10.0 Å². The van der Waals surface area contributed by atoms with Crippen LogP contribution in [0.1, 0.15) is 15.9 Å². The molecule has 0 spiro atoms. The zero-order valence-electron chi connectivity index (χ0n) is 17.2.